The minimum absolute atomic E-state index is 0.0877. The van der Waals surface area contributed by atoms with Crippen LogP contribution in [-0.2, 0) is 33.3 Å². The molecule has 0 aromatic rings. The van der Waals surface area contributed by atoms with Crippen molar-refractivity contribution in [2.24, 2.45) is 0 Å². The predicted molar refractivity (Wildman–Crippen MR) is 244 cm³/mol. The number of rotatable bonds is 52. The largest absolute Gasteiger partial charge is 0.480 e. The lowest BCUT2D eigenvalue weighted by Gasteiger charge is -2.19. The van der Waals surface area contributed by atoms with Gasteiger partial charge in [0.1, 0.15) is 6.10 Å². The van der Waals surface area contributed by atoms with Crippen LogP contribution >= 0.6 is 0 Å². The molecule has 0 aromatic heterocycles. The van der Waals surface area contributed by atoms with Crippen LogP contribution in [0.25, 0.3) is 0 Å². The number of hydrogen-bond donors (Lipinski definition) is 2. The number of aliphatic carboxylic acids is 2. The second-order valence-electron chi connectivity index (χ2n) is 17.0. The van der Waals surface area contributed by atoms with Gasteiger partial charge in [0.05, 0.1) is 59.3 Å². The van der Waals surface area contributed by atoms with Gasteiger partial charge in [-0.15, -0.1) is 0 Å². The summed E-state index contributed by atoms with van der Waals surface area (Å²) in [6.45, 7) is 8.48. The summed E-state index contributed by atoms with van der Waals surface area (Å²) in [7, 11) is 0. The van der Waals surface area contributed by atoms with Crippen molar-refractivity contribution in [1.29, 1.82) is 0 Å². The molecule has 1 atom stereocenters. The van der Waals surface area contributed by atoms with Crippen molar-refractivity contribution in [1.82, 2.24) is 4.90 Å². The van der Waals surface area contributed by atoms with Gasteiger partial charge in [-0.25, -0.2) is 0 Å². The predicted octanol–water partition coefficient (Wildman–Crippen LogP) is 12.4. The first-order valence-electron chi connectivity index (χ1n) is 25.1. The van der Waals surface area contributed by atoms with Crippen LogP contribution in [0.1, 0.15) is 219 Å². The van der Waals surface area contributed by atoms with Crippen LogP contribution in [0.5, 0.6) is 0 Å². The number of hydrogen-bond acceptors (Lipinski definition) is 8. The van der Waals surface area contributed by atoms with Gasteiger partial charge in [-0.3, -0.25) is 14.5 Å². The maximum atomic E-state index is 10.9. The second kappa shape index (κ2) is 49.4. The van der Waals surface area contributed by atoms with Gasteiger partial charge >= 0.3 is 11.9 Å². The molecule has 1 unspecified atom stereocenters. The highest BCUT2D eigenvalue weighted by atomic mass is 16.6. The SMILES string of the molecule is CCCCCCCCCCCCCCCCCCOCC(COCCOCCOCCN(CC(=O)O)CC(=O)O)OCCCCCCCCCCCCCCCCCC. The zero-order valence-electron chi connectivity index (χ0n) is 38.9. The van der Waals surface area contributed by atoms with E-state index in [1.807, 2.05) is 0 Å². The average Bonchev–Trinajstić information content (AvgIpc) is 3.21. The standard InChI is InChI=1S/C49H97NO9/c1-3-5-7-9-11-13-15-17-19-21-23-25-27-29-31-33-36-57-45-47(46-58-42-41-56-40-39-55-38-35-50(43-48(51)52)44-49(53)54)59-37-34-32-30-28-26-24-22-20-18-16-14-12-10-8-6-4-2/h47H,3-46H2,1-2H3,(H,51,52)(H,53,54). The molecule has 0 radical (unpaired) electrons. The normalized spacial score (nSPS) is 12.2. The summed E-state index contributed by atoms with van der Waals surface area (Å²) < 4.78 is 29.3. The van der Waals surface area contributed by atoms with E-state index >= 15 is 0 Å². The van der Waals surface area contributed by atoms with E-state index in [0.29, 0.717) is 39.6 Å². The van der Waals surface area contributed by atoms with Gasteiger partial charge in [0, 0.05) is 19.8 Å². The Balaban J connectivity index is 4.09. The lowest BCUT2D eigenvalue weighted by molar-refractivity contribution is -0.142. The number of unbranched alkanes of at least 4 members (excludes halogenated alkanes) is 30. The summed E-state index contributed by atoms with van der Waals surface area (Å²) in [5.74, 6) is -2.13. The summed E-state index contributed by atoms with van der Waals surface area (Å²) in [4.78, 5) is 23.2. The third-order valence-electron chi connectivity index (χ3n) is 11.1. The fourth-order valence-corrected chi connectivity index (χ4v) is 7.46. The minimum Gasteiger partial charge on any atom is -0.480 e. The Morgan fingerprint density at radius 1 is 0.373 bits per heavy atom. The van der Waals surface area contributed by atoms with Crippen LogP contribution in [-0.4, -0.2) is 112 Å². The highest BCUT2D eigenvalue weighted by Gasteiger charge is 2.13. The van der Waals surface area contributed by atoms with E-state index in [4.69, 9.17) is 33.9 Å². The summed E-state index contributed by atoms with van der Waals surface area (Å²) in [6, 6.07) is 0. The van der Waals surface area contributed by atoms with Gasteiger partial charge < -0.3 is 33.9 Å². The molecular weight excluding hydrogens is 747 g/mol. The molecule has 0 bridgehead atoms. The Morgan fingerprint density at radius 2 is 0.661 bits per heavy atom. The monoisotopic (exact) mass is 844 g/mol. The van der Waals surface area contributed by atoms with Gasteiger partial charge in [-0.1, -0.05) is 206 Å². The second-order valence-corrected chi connectivity index (χ2v) is 17.0. The Labute approximate surface area is 363 Å². The summed E-state index contributed by atoms with van der Waals surface area (Å²) in [5, 5.41) is 17.9. The molecule has 0 aliphatic carbocycles. The molecule has 0 fully saturated rings. The number of carbonyl (C=O) groups is 2. The van der Waals surface area contributed by atoms with E-state index in [2.05, 4.69) is 13.8 Å². The number of carboxylic acid groups (broad SMARTS) is 2. The fraction of sp³-hybridized carbons (Fsp3) is 0.959. The molecule has 2 N–H and O–H groups in total. The summed E-state index contributed by atoms with van der Waals surface area (Å²) >= 11 is 0. The zero-order chi connectivity index (χ0) is 43.0. The Kier molecular flexibility index (Phi) is 48.3. The highest BCUT2D eigenvalue weighted by molar-refractivity contribution is 5.72. The van der Waals surface area contributed by atoms with Gasteiger partial charge in [0.2, 0.25) is 0 Å². The molecule has 0 aliphatic heterocycles. The van der Waals surface area contributed by atoms with Crippen LogP contribution in [0.15, 0.2) is 0 Å². The number of ether oxygens (including phenoxy) is 5. The van der Waals surface area contributed by atoms with E-state index in [0.717, 1.165) is 26.1 Å². The molecule has 0 amide bonds. The maximum absolute atomic E-state index is 10.9. The fourth-order valence-electron chi connectivity index (χ4n) is 7.46. The molecule has 10 nitrogen and oxygen atoms in total. The molecular formula is C49H97NO9. The first-order valence-corrected chi connectivity index (χ1v) is 25.1. The van der Waals surface area contributed by atoms with Crippen LogP contribution in [0.2, 0.25) is 0 Å². The molecule has 0 aliphatic rings. The average molecular weight is 844 g/mol. The Hall–Kier alpha value is -1.30. The molecule has 10 heteroatoms. The van der Waals surface area contributed by atoms with Crippen molar-refractivity contribution in [3.63, 3.8) is 0 Å². The molecule has 0 spiro atoms. The lowest BCUT2D eigenvalue weighted by Crippen LogP contribution is -2.37. The number of nitrogens with zero attached hydrogens (tertiary/aromatic N) is 1. The minimum atomic E-state index is -1.07. The van der Waals surface area contributed by atoms with Crippen LogP contribution in [0.3, 0.4) is 0 Å². The van der Waals surface area contributed by atoms with Crippen LogP contribution in [0, 0.1) is 0 Å². The van der Waals surface area contributed by atoms with E-state index in [1.165, 1.54) is 198 Å². The molecule has 59 heavy (non-hydrogen) atoms. The third-order valence-corrected chi connectivity index (χ3v) is 11.1. The van der Waals surface area contributed by atoms with E-state index in [1.54, 1.807) is 0 Å². The first kappa shape index (κ1) is 57.7. The van der Waals surface area contributed by atoms with E-state index < -0.39 is 11.9 Å². The number of carboxylic acids is 2. The van der Waals surface area contributed by atoms with E-state index in [9.17, 15) is 9.59 Å². The van der Waals surface area contributed by atoms with Gasteiger partial charge in [-0.05, 0) is 12.8 Å². The summed E-state index contributed by atoms with van der Waals surface area (Å²) in [6.07, 6.45) is 43.4. The van der Waals surface area contributed by atoms with Crippen LogP contribution < -0.4 is 0 Å². The molecule has 352 valence electrons. The van der Waals surface area contributed by atoms with Gasteiger partial charge in [0.25, 0.3) is 0 Å². The maximum Gasteiger partial charge on any atom is 0.317 e. The quantitative estimate of drug-likeness (QED) is 0.0572. The molecule has 0 saturated carbocycles. The van der Waals surface area contributed by atoms with Gasteiger partial charge in [-0.2, -0.15) is 0 Å². The topological polar surface area (TPSA) is 124 Å². The first-order chi connectivity index (χ1) is 29.0. The van der Waals surface area contributed by atoms with Crippen LogP contribution in [0.4, 0.5) is 0 Å². The van der Waals surface area contributed by atoms with Crippen molar-refractivity contribution in [3.05, 3.63) is 0 Å². The van der Waals surface area contributed by atoms with Crippen molar-refractivity contribution < 1.29 is 43.5 Å². The van der Waals surface area contributed by atoms with Crippen molar-refractivity contribution >= 4 is 11.9 Å². The zero-order valence-corrected chi connectivity index (χ0v) is 38.9. The van der Waals surface area contributed by atoms with E-state index in [-0.39, 0.29) is 32.3 Å². The van der Waals surface area contributed by atoms with Crippen molar-refractivity contribution in [2.45, 2.75) is 225 Å². The smallest absolute Gasteiger partial charge is 0.317 e. The lowest BCUT2D eigenvalue weighted by atomic mass is 10.0. The summed E-state index contributed by atoms with van der Waals surface area (Å²) in [5.41, 5.74) is 0. The molecule has 0 rings (SSSR count). The Bertz CT molecular complexity index is 832. The Morgan fingerprint density at radius 3 is 1.02 bits per heavy atom. The van der Waals surface area contributed by atoms with Crippen molar-refractivity contribution in [2.75, 3.05) is 79.1 Å². The highest BCUT2D eigenvalue weighted by Crippen LogP contribution is 2.15. The molecule has 0 heterocycles. The van der Waals surface area contributed by atoms with Crippen molar-refractivity contribution in [3.8, 4) is 0 Å². The van der Waals surface area contributed by atoms with Gasteiger partial charge in [0.15, 0.2) is 0 Å². The molecule has 0 aromatic carbocycles. The molecule has 0 saturated heterocycles. The third kappa shape index (κ3) is 49.2.